The third kappa shape index (κ3) is 2.81. The molecular formula is C16H18ClN3O. The van der Waals surface area contributed by atoms with Crippen LogP contribution in [0.2, 0.25) is 5.02 Å². The summed E-state index contributed by atoms with van der Waals surface area (Å²) in [7, 11) is 2.02. The number of carbonyl (C=O) groups is 1. The van der Waals surface area contributed by atoms with Gasteiger partial charge in [-0.1, -0.05) is 11.6 Å². The van der Waals surface area contributed by atoms with Crippen LogP contribution < -0.4 is 0 Å². The van der Waals surface area contributed by atoms with Crippen LogP contribution >= 0.6 is 11.6 Å². The average molecular weight is 304 g/mol. The first-order valence-corrected chi connectivity index (χ1v) is 7.58. The van der Waals surface area contributed by atoms with Gasteiger partial charge in [-0.25, -0.2) is 4.98 Å². The summed E-state index contributed by atoms with van der Waals surface area (Å²) in [4.78, 5) is 18.8. The van der Waals surface area contributed by atoms with E-state index in [0.29, 0.717) is 10.7 Å². The third-order valence-electron chi connectivity index (χ3n) is 4.04. The lowest BCUT2D eigenvalue weighted by Crippen LogP contribution is -2.39. The van der Waals surface area contributed by atoms with Crippen molar-refractivity contribution in [1.29, 1.82) is 0 Å². The van der Waals surface area contributed by atoms with Crippen molar-refractivity contribution in [2.24, 2.45) is 7.05 Å². The van der Waals surface area contributed by atoms with Crippen LogP contribution in [0.25, 0.3) is 0 Å². The molecule has 2 aromatic rings. The Kier molecular flexibility index (Phi) is 3.97. The van der Waals surface area contributed by atoms with Crippen molar-refractivity contribution in [3.05, 3.63) is 53.1 Å². The molecule has 5 heteroatoms. The van der Waals surface area contributed by atoms with Gasteiger partial charge in [0.1, 0.15) is 5.69 Å². The number of aryl methyl sites for hydroxylation is 1. The second-order valence-electron chi connectivity index (χ2n) is 5.42. The number of hydrogen-bond donors (Lipinski definition) is 0. The van der Waals surface area contributed by atoms with E-state index in [9.17, 15) is 4.79 Å². The molecule has 3 heterocycles. The van der Waals surface area contributed by atoms with Crippen LogP contribution in [0.4, 0.5) is 0 Å². The molecule has 2 aromatic heterocycles. The summed E-state index contributed by atoms with van der Waals surface area (Å²) in [5, 5.41) is 0.546. The molecule has 1 aliphatic heterocycles. The van der Waals surface area contributed by atoms with Crippen molar-refractivity contribution in [3.63, 3.8) is 0 Å². The van der Waals surface area contributed by atoms with Gasteiger partial charge < -0.3 is 9.47 Å². The average Bonchev–Trinajstić information content (AvgIpc) is 2.93. The molecule has 1 atom stereocenters. The molecule has 0 aliphatic carbocycles. The van der Waals surface area contributed by atoms with Gasteiger partial charge in [-0.15, -0.1) is 0 Å². The minimum Gasteiger partial charge on any atom is -0.353 e. The maximum atomic E-state index is 12.7. The number of likely N-dealkylation sites (tertiary alicyclic amines) is 1. The van der Waals surface area contributed by atoms with Crippen molar-refractivity contribution in [1.82, 2.24) is 14.5 Å². The lowest BCUT2D eigenvalue weighted by molar-refractivity contribution is 0.0596. The maximum absolute atomic E-state index is 12.7. The van der Waals surface area contributed by atoms with Gasteiger partial charge in [0, 0.05) is 31.7 Å². The van der Waals surface area contributed by atoms with E-state index in [-0.39, 0.29) is 11.9 Å². The minimum atomic E-state index is -0.0161. The first-order chi connectivity index (χ1) is 10.2. The van der Waals surface area contributed by atoms with Gasteiger partial charge >= 0.3 is 0 Å². The van der Waals surface area contributed by atoms with Crippen molar-refractivity contribution < 1.29 is 4.79 Å². The van der Waals surface area contributed by atoms with E-state index >= 15 is 0 Å². The number of hydrogen-bond acceptors (Lipinski definition) is 2. The summed E-state index contributed by atoms with van der Waals surface area (Å²) in [5.41, 5.74) is 1.64. The zero-order valence-corrected chi connectivity index (χ0v) is 12.8. The fourth-order valence-electron chi connectivity index (χ4n) is 2.95. The predicted molar refractivity (Wildman–Crippen MR) is 82.3 cm³/mol. The highest BCUT2D eigenvalue weighted by Crippen LogP contribution is 2.31. The predicted octanol–water partition coefficient (Wildman–Crippen LogP) is 3.44. The Morgan fingerprint density at radius 2 is 2.19 bits per heavy atom. The van der Waals surface area contributed by atoms with Gasteiger partial charge in [-0.2, -0.15) is 0 Å². The first-order valence-electron chi connectivity index (χ1n) is 7.20. The molecule has 21 heavy (non-hydrogen) atoms. The van der Waals surface area contributed by atoms with E-state index in [1.807, 2.05) is 24.2 Å². The Hall–Kier alpha value is -1.81. The normalized spacial score (nSPS) is 18.8. The number of piperidine rings is 1. The van der Waals surface area contributed by atoms with E-state index < -0.39 is 0 Å². The zero-order valence-electron chi connectivity index (χ0n) is 12.0. The number of amides is 1. The number of rotatable bonds is 2. The van der Waals surface area contributed by atoms with Crippen LogP contribution in [-0.2, 0) is 7.05 Å². The quantitative estimate of drug-likeness (QED) is 0.852. The highest BCUT2D eigenvalue weighted by Gasteiger charge is 2.30. The molecule has 0 saturated carbocycles. The fourth-order valence-corrected chi connectivity index (χ4v) is 3.06. The molecule has 1 amide bonds. The largest absolute Gasteiger partial charge is 0.353 e. The number of carbonyl (C=O) groups excluding carboxylic acids is 1. The van der Waals surface area contributed by atoms with Crippen molar-refractivity contribution in [3.8, 4) is 0 Å². The molecule has 3 rings (SSSR count). The van der Waals surface area contributed by atoms with E-state index in [4.69, 9.17) is 11.6 Å². The summed E-state index contributed by atoms with van der Waals surface area (Å²) in [6.07, 6.45) is 6.73. The molecule has 0 bridgehead atoms. The molecule has 0 unspecified atom stereocenters. The van der Waals surface area contributed by atoms with Crippen molar-refractivity contribution >= 4 is 17.5 Å². The maximum Gasteiger partial charge on any atom is 0.273 e. The number of nitrogens with zero attached hydrogens (tertiary/aromatic N) is 3. The summed E-state index contributed by atoms with van der Waals surface area (Å²) in [5.74, 6) is -0.0161. The van der Waals surface area contributed by atoms with Gasteiger partial charge in [0.25, 0.3) is 5.91 Å². The van der Waals surface area contributed by atoms with Crippen LogP contribution in [0.1, 0.15) is 41.5 Å². The molecule has 1 saturated heterocycles. The van der Waals surface area contributed by atoms with Crippen LogP contribution in [0.5, 0.6) is 0 Å². The van der Waals surface area contributed by atoms with Crippen LogP contribution in [-0.4, -0.2) is 26.9 Å². The summed E-state index contributed by atoms with van der Waals surface area (Å²) in [6.45, 7) is 0.777. The van der Waals surface area contributed by atoms with Gasteiger partial charge in [0.15, 0.2) is 0 Å². The zero-order chi connectivity index (χ0) is 14.8. The van der Waals surface area contributed by atoms with Crippen LogP contribution in [0, 0.1) is 0 Å². The van der Waals surface area contributed by atoms with Gasteiger partial charge in [0.05, 0.1) is 11.1 Å². The van der Waals surface area contributed by atoms with Crippen LogP contribution in [0.15, 0.2) is 36.7 Å². The molecule has 1 aliphatic rings. The van der Waals surface area contributed by atoms with E-state index in [1.54, 1.807) is 12.1 Å². The second-order valence-corrected chi connectivity index (χ2v) is 5.85. The Bertz CT molecular complexity index is 635. The van der Waals surface area contributed by atoms with E-state index in [1.165, 1.54) is 11.9 Å². The van der Waals surface area contributed by atoms with Crippen molar-refractivity contribution in [2.75, 3.05) is 6.54 Å². The standard InChI is InChI=1S/C16H18ClN3O/c1-19-9-4-6-14(19)15-5-2-3-10-20(15)16(21)13-8-7-12(17)11-18-13/h4,6-9,11,15H,2-3,5,10H2,1H3/t15-/m1/s1. The molecule has 110 valence electrons. The molecule has 4 nitrogen and oxygen atoms in total. The molecule has 0 spiro atoms. The van der Waals surface area contributed by atoms with Gasteiger partial charge in [0.2, 0.25) is 0 Å². The lowest BCUT2D eigenvalue weighted by Gasteiger charge is -2.36. The molecule has 1 fully saturated rings. The number of halogens is 1. The Balaban J connectivity index is 1.89. The number of pyridine rings is 1. The second kappa shape index (κ2) is 5.90. The molecular weight excluding hydrogens is 286 g/mol. The topological polar surface area (TPSA) is 38.1 Å². The van der Waals surface area contributed by atoms with Gasteiger partial charge in [-0.05, 0) is 43.5 Å². The SMILES string of the molecule is Cn1cccc1[C@H]1CCCCN1C(=O)c1ccc(Cl)cn1. The highest BCUT2D eigenvalue weighted by atomic mass is 35.5. The molecule has 0 aromatic carbocycles. The highest BCUT2D eigenvalue weighted by molar-refractivity contribution is 6.30. The molecule has 0 radical (unpaired) electrons. The van der Waals surface area contributed by atoms with Crippen molar-refractivity contribution in [2.45, 2.75) is 25.3 Å². The summed E-state index contributed by atoms with van der Waals surface area (Å²) < 4.78 is 2.09. The molecule has 0 N–H and O–H groups in total. The fraction of sp³-hybridized carbons (Fsp3) is 0.375. The van der Waals surface area contributed by atoms with Crippen LogP contribution in [0.3, 0.4) is 0 Å². The minimum absolute atomic E-state index is 0.0161. The van der Waals surface area contributed by atoms with E-state index in [2.05, 4.69) is 15.6 Å². The third-order valence-corrected chi connectivity index (χ3v) is 4.26. The Morgan fingerprint density at radius 1 is 1.33 bits per heavy atom. The first kappa shape index (κ1) is 14.1. The summed E-state index contributed by atoms with van der Waals surface area (Å²) in [6, 6.07) is 7.65. The Labute approximate surface area is 129 Å². The summed E-state index contributed by atoms with van der Waals surface area (Å²) >= 11 is 5.84. The van der Waals surface area contributed by atoms with E-state index in [0.717, 1.165) is 25.8 Å². The smallest absolute Gasteiger partial charge is 0.273 e. The monoisotopic (exact) mass is 303 g/mol. The Morgan fingerprint density at radius 3 is 2.86 bits per heavy atom. The van der Waals surface area contributed by atoms with Gasteiger partial charge in [-0.3, -0.25) is 4.79 Å². The lowest BCUT2D eigenvalue weighted by atomic mass is 9.98. The number of aromatic nitrogens is 2.